The van der Waals surface area contributed by atoms with Crippen LogP contribution >= 0.6 is 11.8 Å². The molecule has 2 aliphatic rings. The monoisotopic (exact) mass is 271 g/mol. The summed E-state index contributed by atoms with van der Waals surface area (Å²) in [6.07, 6.45) is 5.57. The Balaban J connectivity index is 1.79. The van der Waals surface area contributed by atoms with Crippen molar-refractivity contribution in [3.63, 3.8) is 0 Å². The lowest BCUT2D eigenvalue weighted by Gasteiger charge is -2.22. The maximum absolute atomic E-state index is 11.9. The first kappa shape index (κ1) is 12.2. The van der Waals surface area contributed by atoms with E-state index >= 15 is 0 Å². The summed E-state index contributed by atoms with van der Waals surface area (Å²) in [6, 6.07) is 3.91. The number of nitrogens with one attached hydrogen (secondary N) is 1. The van der Waals surface area contributed by atoms with E-state index < -0.39 is 0 Å². The molecular formula is C14H13N3OS. The van der Waals surface area contributed by atoms with Crippen LogP contribution in [0, 0.1) is 0 Å². The SMILES string of the molecule is C=C1CSC(C2=NCC(c3cccnc3)=C2)C(=O)N1. The summed E-state index contributed by atoms with van der Waals surface area (Å²) in [7, 11) is 0. The molecule has 19 heavy (non-hydrogen) atoms. The Morgan fingerprint density at radius 3 is 3.11 bits per heavy atom. The molecule has 0 spiro atoms. The molecule has 0 saturated carbocycles. The summed E-state index contributed by atoms with van der Waals surface area (Å²) in [5.41, 5.74) is 3.78. The third-order valence-electron chi connectivity index (χ3n) is 3.02. The second-order valence-electron chi connectivity index (χ2n) is 4.44. The summed E-state index contributed by atoms with van der Waals surface area (Å²) < 4.78 is 0. The smallest absolute Gasteiger partial charge is 0.243 e. The first-order valence-electron chi connectivity index (χ1n) is 5.99. The van der Waals surface area contributed by atoms with Gasteiger partial charge in [-0.25, -0.2) is 0 Å². The fourth-order valence-electron chi connectivity index (χ4n) is 2.09. The lowest BCUT2D eigenvalue weighted by atomic mass is 10.1. The van der Waals surface area contributed by atoms with Gasteiger partial charge in [0.2, 0.25) is 5.91 Å². The van der Waals surface area contributed by atoms with Gasteiger partial charge < -0.3 is 5.32 Å². The van der Waals surface area contributed by atoms with Gasteiger partial charge in [-0.05, 0) is 23.3 Å². The van der Waals surface area contributed by atoms with Crippen molar-refractivity contribution < 1.29 is 4.79 Å². The Kier molecular flexibility index (Phi) is 3.21. The van der Waals surface area contributed by atoms with Crippen molar-refractivity contribution >= 4 is 29.0 Å². The molecule has 1 saturated heterocycles. The van der Waals surface area contributed by atoms with Crippen molar-refractivity contribution in [2.75, 3.05) is 12.3 Å². The zero-order chi connectivity index (χ0) is 13.2. The minimum Gasteiger partial charge on any atom is -0.328 e. The van der Waals surface area contributed by atoms with Gasteiger partial charge in [0.1, 0.15) is 5.25 Å². The van der Waals surface area contributed by atoms with Crippen molar-refractivity contribution in [2.45, 2.75) is 5.25 Å². The van der Waals surface area contributed by atoms with Crippen LogP contribution < -0.4 is 5.32 Å². The Bertz CT molecular complexity index is 592. The van der Waals surface area contributed by atoms with Crippen molar-refractivity contribution in [3.05, 3.63) is 48.4 Å². The van der Waals surface area contributed by atoms with E-state index in [-0.39, 0.29) is 11.2 Å². The minimum absolute atomic E-state index is 0.0244. The summed E-state index contributed by atoms with van der Waals surface area (Å²) in [6.45, 7) is 4.39. The third-order valence-corrected chi connectivity index (χ3v) is 4.32. The van der Waals surface area contributed by atoms with Gasteiger partial charge in [-0.3, -0.25) is 14.8 Å². The number of hydrogen-bond acceptors (Lipinski definition) is 4. The molecule has 3 heterocycles. The second kappa shape index (κ2) is 5.01. The van der Waals surface area contributed by atoms with Crippen molar-refractivity contribution in [1.82, 2.24) is 10.3 Å². The van der Waals surface area contributed by atoms with Crippen LogP contribution in [0.25, 0.3) is 5.57 Å². The number of allylic oxidation sites excluding steroid dienone is 1. The Hall–Kier alpha value is -1.88. The van der Waals surface area contributed by atoms with Gasteiger partial charge in [0.15, 0.2) is 0 Å². The fraction of sp³-hybridized carbons (Fsp3) is 0.214. The normalized spacial score (nSPS) is 22.8. The molecule has 0 aromatic carbocycles. The largest absolute Gasteiger partial charge is 0.328 e. The van der Waals surface area contributed by atoms with Gasteiger partial charge in [-0.15, -0.1) is 11.8 Å². The Morgan fingerprint density at radius 1 is 1.47 bits per heavy atom. The number of aliphatic imine (C=N–C) groups is 1. The molecule has 1 aromatic rings. The van der Waals surface area contributed by atoms with E-state index in [4.69, 9.17) is 0 Å². The average Bonchev–Trinajstić information content (AvgIpc) is 2.89. The van der Waals surface area contributed by atoms with Crippen molar-refractivity contribution in [1.29, 1.82) is 0 Å². The van der Waals surface area contributed by atoms with E-state index in [1.54, 1.807) is 18.0 Å². The maximum Gasteiger partial charge on any atom is 0.243 e. The molecular weight excluding hydrogens is 258 g/mol. The minimum atomic E-state index is -0.223. The molecule has 4 nitrogen and oxygen atoms in total. The van der Waals surface area contributed by atoms with Crippen LogP contribution in [-0.4, -0.2) is 34.2 Å². The summed E-state index contributed by atoms with van der Waals surface area (Å²) >= 11 is 1.57. The van der Waals surface area contributed by atoms with Gasteiger partial charge in [0.05, 0.1) is 12.3 Å². The van der Waals surface area contributed by atoms with E-state index in [9.17, 15) is 4.79 Å². The maximum atomic E-state index is 11.9. The van der Waals surface area contributed by atoms with Crippen LogP contribution in [0.4, 0.5) is 0 Å². The molecule has 1 aromatic heterocycles. The van der Waals surface area contributed by atoms with Crippen molar-refractivity contribution in [2.24, 2.45) is 4.99 Å². The number of nitrogens with zero attached hydrogens (tertiary/aromatic N) is 2. The molecule has 96 valence electrons. The zero-order valence-electron chi connectivity index (χ0n) is 10.3. The highest BCUT2D eigenvalue weighted by Gasteiger charge is 2.30. The molecule has 0 aliphatic carbocycles. The molecule has 0 radical (unpaired) electrons. The summed E-state index contributed by atoms with van der Waals surface area (Å²) in [4.78, 5) is 20.5. The van der Waals surface area contributed by atoms with Crippen molar-refractivity contribution in [3.8, 4) is 0 Å². The Labute approximate surface area is 115 Å². The quantitative estimate of drug-likeness (QED) is 0.890. The first-order valence-corrected chi connectivity index (χ1v) is 7.04. The zero-order valence-corrected chi connectivity index (χ0v) is 11.1. The van der Waals surface area contributed by atoms with E-state index in [0.717, 1.165) is 28.3 Å². The summed E-state index contributed by atoms with van der Waals surface area (Å²) in [5.74, 6) is 0.717. The number of thioether (sulfide) groups is 1. The van der Waals surface area contributed by atoms with Gasteiger partial charge in [-0.1, -0.05) is 12.6 Å². The van der Waals surface area contributed by atoms with Crippen LogP contribution in [0.15, 0.2) is 47.9 Å². The third kappa shape index (κ3) is 2.46. The standard InChI is InChI=1S/C14H13N3OS/c1-9-8-19-13(14(18)17-9)12-5-11(7-16-12)10-3-2-4-15-6-10/h2-6,13H,1,7-8H2,(H,17,18). The number of pyridine rings is 1. The number of rotatable bonds is 2. The lowest BCUT2D eigenvalue weighted by molar-refractivity contribution is -0.118. The Morgan fingerprint density at radius 2 is 2.37 bits per heavy atom. The van der Waals surface area contributed by atoms with E-state index in [1.807, 2.05) is 24.4 Å². The van der Waals surface area contributed by atoms with Crippen LogP contribution in [0.1, 0.15) is 5.56 Å². The summed E-state index contributed by atoms with van der Waals surface area (Å²) in [5, 5.41) is 2.56. The number of carbonyl (C=O) groups is 1. The van der Waals surface area contributed by atoms with E-state index in [2.05, 4.69) is 21.9 Å². The van der Waals surface area contributed by atoms with Crippen LogP contribution in [0.2, 0.25) is 0 Å². The molecule has 0 bridgehead atoms. The number of amides is 1. The lowest BCUT2D eigenvalue weighted by Crippen LogP contribution is -2.41. The van der Waals surface area contributed by atoms with E-state index in [0.29, 0.717) is 6.54 Å². The molecule has 5 heteroatoms. The number of hydrogen-bond donors (Lipinski definition) is 1. The topological polar surface area (TPSA) is 54.4 Å². The molecule has 1 amide bonds. The molecule has 1 fully saturated rings. The van der Waals surface area contributed by atoms with Gasteiger partial charge in [-0.2, -0.15) is 0 Å². The molecule has 3 rings (SSSR count). The van der Waals surface area contributed by atoms with Gasteiger partial charge >= 0.3 is 0 Å². The van der Waals surface area contributed by atoms with Gasteiger partial charge in [0.25, 0.3) is 0 Å². The number of carbonyl (C=O) groups excluding carboxylic acids is 1. The van der Waals surface area contributed by atoms with Crippen LogP contribution in [0.3, 0.4) is 0 Å². The first-order chi connectivity index (χ1) is 9.24. The average molecular weight is 271 g/mol. The highest BCUT2D eigenvalue weighted by Crippen LogP contribution is 2.26. The number of aromatic nitrogens is 1. The molecule has 2 aliphatic heterocycles. The second-order valence-corrected chi connectivity index (χ2v) is 5.53. The van der Waals surface area contributed by atoms with Crippen LogP contribution in [-0.2, 0) is 4.79 Å². The fourth-order valence-corrected chi connectivity index (χ4v) is 3.05. The molecule has 1 unspecified atom stereocenters. The molecule has 1 atom stereocenters. The molecule has 1 N–H and O–H groups in total. The highest BCUT2D eigenvalue weighted by atomic mass is 32.2. The predicted octanol–water partition coefficient (Wildman–Crippen LogP) is 1.66. The van der Waals surface area contributed by atoms with Gasteiger partial charge in [0, 0.05) is 23.8 Å². The predicted molar refractivity (Wildman–Crippen MR) is 78.0 cm³/mol. The van der Waals surface area contributed by atoms with E-state index in [1.165, 1.54) is 0 Å². The van der Waals surface area contributed by atoms with Crippen LogP contribution in [0.5, 0.6) is 0 Å². The highest BCUT2D eigenvalue weighted by molar-refractivity contribution is 8.01.